The van der Waals surface area contributed by atoms with E-state index < -0.39 is 0 Å². The number of carbonyl (C=O) groups is 1. The average molecular weight is 368 g/mol. The van der Waals surface area contributed by atoms with Gasteiger partial charge in [-0.1, -0.05) is 23.7 Å². The first-order valence-corrected chi connectivity index (χ1v) is 8.90. The number of fused-ring (bicyclic) bond motifs is 1. The zero-order chi connectivity index (χ0) is 17.9. The maximum absolute atomic E-state index is 12.2. The molecule has 0 saturated carbocycles. The Hall–Kier alpha value is -2.79. The first-order chi connectivity index (χ1) is 12.7. The largest absolute Gasteiger partial charge is 0.484 e. The molecule has 132 valence electrons. The molecule has 0 saturated heterocycles. The Bertz CT molecular complexity index is 934. The van der Waals surface area contributed by atoms with Crippen LogP contribution in [0.5, 0.6) is 5.75 Å². The molecule has 0 aliphatic carbocycles. The van der Waals surface area contributed by atoms with Crippen LogP contribution in [0.2, 0.25) is 5.02 Å². The number of nitrogens with zero attached hydrogens (tertiary/aromatic N) is 2. The predicted molar refractivity (Wildman–Crippen MR) is 102 cm³/mol. The number of imidazole rings is 1. The van der Waals surface area contributed by atoms with Crippen molar-refractivity contribution in [2.45, 2.75) is 19.4 Å². The van der Waals surface area contributed by atoms with Gasteiger partial charge in [-0.15, -0.1) is 0 Å². The summed E-state index contributed by atoms with van der Waals surface area (Å²) in [5.74, 6) is 1.52. The number of halogens is 1. The fourth-order valence-corrected chi connectivity index (χ4v) is 3.25. The van der Waals surface area contributed by atoms with Gasteiger partial charge in [0.25, 0.3) is 5.91 Å². The fourth-order valence-electron chi connectivity index (χ4n) is 3.12. The lowest BCUT2D eigenvalue weighted by Crippen LogP contribution is -2.20. The topological polar surface area (TPSA) is 56.1 Å². The molecular formula is C20H18ClN3O2. The third-order valence-corrected chi connectivity index (χ3v) is 4.60. The second kappa shape index (κ2) is 7.22. The van der Waals surface area contributed by atoms with Gasteiger partial charge in [0.1, 0.15) is 11.6 Å². The first kappa shape index (κ1) is 16.7. The van der Waals surface area contributed by atoms with Crippen LogP contribution in [0.4, 0.5) is 5.69 Å². The summed E-state index contributed by atoms with van der Waals surface area (Å²) < 4.78 is 7.71. The fraction of sp³-hybridized carbons (Fsp3) is 0.200. The van der Waals surface area contributed by atoms with E-state index in [4.69, 9.17) is 16.3 Å². The lowest BCUT2D eigenvalue weighted by molar-refractivity contribution is -0.118. The summed E-state index contributed by atoms with van der Waals surface area (Å²) in [6.45, 7) is 0.935. The van der Waals surface area contributed by atoms with Crippen LogP contribution < -0.4 is 10.1 Å². The highest BCUT2D eigenvalue weighted by Crippen LogP contribution is 2.27. The molecule has 3 aromatic rings. The molecule has 1 aliphatic rings. The Kier molecular flexibility index (Phi) is 4.63. The second-order valence-corrected chi connectivity index (χ2v) is 6.62. The molecule has 0 fully saturated rings. The molecule has 1 aromatic heterocycles. The van der Waals surface area contributed by atoms with Gasteiger partial charge < -0.3 is 14.6 Å². The molecule has 0 radical (unpaired) electrons. The van der Waals surface area contributed by atoms with E-state index in [1.165, 1.54) is 0 Å². The number of hydrogen-bond acceptors (Lipinski definition) is 3. The molecule has 0 bridgehead atoms. The van der Waals surface area contributed by atoms with Crippen molar-refractivity contribution in [3.05, 3.63) is 65.6 Å². The summed E-state index contributed by atoms with van der Waals surface area (Å²) in [7, 11) is 0. The molecular weight excluding hydrogens is 350 g/mol. The van der Waals surface area contributed by atoms with Gasteiger partial charge in [0, 0.05) is 29.2 Å². The highest BCUT2D eigenvalue weighted by Gasteiger charge is 2.16. The highest BCUT2D eigenvalue weighted by atomic mass is 35.5. The van der Waals surface area contributed by atoms with Crippen molar-refractivity contribution < 1.29 is 9.53 Å². The van der Waals surface area contributed by atoms with Crippen LogP contribution in [0.1, 0.15) is 12.2 Å². The van der Waals surface area contributed by atoms with Crippen molar-refractivity contribution in [3.63, 3.8) is 0 Å². The van der Waals surface area contributed by atoms with E-state index in [1.807, 2.05) is 30.5 Å². The molecule has 1 N–H and O–H groups in total. The van der Waals surface area contributed by atoms with E-state index in [-0.39, 0.29) is 12.5 Å². The number of benzene rings is 2. The lowest BCUT2D eigenvalue weighted by atomic mass is 10.1. The van der Waals surface area contributed by atoms with Crippen molar-refractivity contribution in [1.82, 2.24) is 9.55 Å². The van der Waals surface area contributed by atoms with Crippen LogP contribution in [0.3, 0.4) is 0 Å². The number of aromatic nitrogens is 2. The second-order valence-electron chi connectivity index (χ2n) is 6.19. The molecule has 5 nitrogen and oxygen atoms in total. The molecule has 2 aromatic carbocycles. The van der Waals surface area contributed by atoms with Crippen LogP contribution in [-0.2, 0) is 17.8 Å². The maximum atomic E-state index is 12.2. The van der Waals surface area contributed by atoms with Gasteiger partial charge in [-0.2, -0.15) is 0 Å². The minimum Gasteiger partial charge on any atom is -0.484 e. The molecule has 4 rings (SSSR count). The van der Waals surface area contributed by atoms with Gasteiger partial charge in [0.15, 0.2) is 6.61 Å². The van der Waals surface area contributed by atoms with Gasteiger partial charge in [-0.05, 0) is 42.8 Å². The Balaban J connectivity index is 1.42. The first-order valence-electron chi connectivity index (χ1n) is 8.52. The van der Waals surface area contributed by atoms with Gasteiger partial charge in [-0.3, -0.25) is 4.79 Å². The average Bonchev–Trinajstić information content (AvgIpc) is 3.25. The molecule has 26 heavy (non-hydrogen) atoms. The van der Waals surface area contributed by atoms with E-state index in [9.17, 15) is 4.79 Å². The normalized spacial score (nSPS) is 12.7. The predicted octanol–water partition coefficient (Wildman–Crippen LogP) is 4.17. The Labute approximate surface area is 156 Å². The maximum Gasteiger partial charge on any atom is 0.262 e. The summed E-state index contributed by atoms with van der Waals surface area (Å²) in [6, 6.07) is 14.7. The number of carbonyl (C=O) groups excluding carboxylic acids is 1. The molecule has 1 aliphatic heterocycles. The Morgan fingerprint density at radius 1 is 1.23 bits per heavy atom. The quantitative estimate of drug-likeness (QED) is 0.736. The van der Waals surface area contributed by atoms with E-state index in [2.05, 4.69) is 14.9 Å². The number of ether oxygens (including phenoxy) is 1. The minimum absolute atomic E-state index is 0.0616. The standard InChI is InChI=1S/C20H18ClN3O2/c21-15-6-8-17(9-7-15)26-13-20(25)23-16-4-1-3-14(11-16)18-12-22-19-5-2-10-24(18)19/h1,3-4,6-9,11-12H,2,5,10,13H2,(H,23,25). The zero-order valence-corrected chi connectivity index (χ0v) is 14.9. The molecule has 6 heteroatoms. The zero-order valence-electron chi connectivity index (χ0n) is 14.1. The molecule has 0 atom stereocenters. The van der Waals surface area contributed by atoms with Crippen LogP contribution >= 0.6 is 11.6 Å². The third-order valence-electron chi connectivity index (χ3n) is 4.35. The highest BCUT2D eigenvalue weighted by molar-refractivity contribution is 6.30. The summed E-state index contributed by atoms with van der Waals surface area (Å²) >= 11 is 5.83. The smallest absolute Gasteiger partial charge is 0.262 e. The Morgan fingerprint density at radius 2 is 2.08 bits per heavy atom. The summed E-state index contributed by atoms with van der Waals surface area (Å²) in [6.07, 6.45) is 4.06. The van der Waals surface area contributed by atoms with E-state index >= 15 is 0 Å². The van der Waals surface area contributed by atoms with Gasteiger partial charge >= 0.3 is 0 Å². The number of hydrogen-bond donors (Lipinski definition) is 1. The summed E-state index contributed by atoms with van der Waals surface area (Å²) in [4.78, 5) is 16.6. The van der Waals surface area contributed by atoms with Crippen LogP contribution in [-0.4, -0.2) is 22.1 Å². The third kappa shape index (κ3) is 3.58. The number of rotatable bonds is 5. The Morgan fingerprint density at radius 3 is 2.92 bits per heavy atom. The van der Waals surface area contributed by atoms with E-state index in [0.717, 1.165) is 42.2 Å². The van der Waals surface area contributed by atoms with Crippen LogP contribution in [0, 0.1) is 0 Å². The number of anilines is 1. The van der Waals surface area contributed by atoms with Crippen molar-refractivity contribution in [2.75, 3.05) is 11.9 Å². The molecule has 0 spiro atoms. The number of amides is 1. The summed E-state index contributed by atoms with van der Waals surface area (Å²) in [5, 5.41) is 3.50. The minimum atomic E-state index is -0.212. The van der Waals surface area contributed by atoms with Crippen LogP contribution in [0.15, 0.2) is 54.7 Å². The molecule has 0 unspecified atom stereocenters. The van der Waals surface area contributed by atoms with Crippen molar-refractivity contribution in [3.8, 4) is 17.0 Å². The van der Waals surface area contributed by atoms with E-state index in [1.54, 1.807) is 24.3 Å². The lowest BCUT2D eigenvalue weighted by Gasteiger charge is -2.10. The van der Waals surface area contributed by atoms with Gasteiger partial charge in [-0.25, -0.2) is 4.98 Å². The van der Waals surface area contributed by atoms with Crippen molar-refractivity contribution in [1.29, 1.82) is 0 Å². The number of nitrogens with one attached hydrogen (secondary N) is 1. The number of aryl methyl sites for hydroxylation is 1. The SMILES string of the molecule is O=C(COc1ccc(Cl)cc1)Nc1cccc(-c2cnc3n2CCC3)c1. The van der Waals surface area contributed by atoms with Gasteiger partial charge in [0.05, 0.1) is 11.9 Å². The van der Waals surface area contributed by atoms with Crippen molar-refractivity contribution >= 4 is 23.2 Å². The van der Waals surface area contributed by atoms with Crippen LogP contribution in [0.25, 0.3) is 11.3 Å². The van der Waals surface area contributed by atoms with Gasteiger partial charge in [0.2, 0.25) is 0 Å². The van der Waals surface area contributed by atoms with E-state index in [0.29, 0.717) is 10.8 Å². The molecule has 1 amide bonds. The monoisotopic (exact) mass is 367 g/mol. The summed E-state index contributed by atoms with van der Waals surface area (Å²) in [5.41, 5.74) is 2.87. The molecule has 2 heterocycles. The van der Waals surface area contributed by atoms with Crippen molar-refractivity contribution in [2.24, 2.45) is 0 Å².